The quantitative estimate of drug-likeness (QED) is 0.0593. The third kappa shape index (κ3) is 10.7. The lowest BCUT2D eigenvalue weighted by atomic mass is 10.1. The lowest BCUT2D eigenvalue weighted by Gasteiger charge is -2.15. The van der Waals surface area contributed by atoms with Crippen LogP contribution in [0.4, 0.5) is 8.78 Å². The summed E-state index contributed by atoms with van der Waals surface area (Å²) >= 11 is 0. The number of methoxy groups -OCH3 is 2. The normalized spacial score (nSPS) is 15.3. The number of imidazole rings is 2. The second-order valence-corrected chi connectivity index (χ2v) is 18.5. The van der Waals surface area contributed by atoms with Crippen molar-refractivity contribution in [1.82, 2.24) is 38.5 Å². The second kappa shape index (κ2) is 22.9. The standard InChI is InChI=1S/C59H56F2N8O8/c1-6-10-50(70)66-25-23-40(35-66)58-64-57(45-32-63-33-52(68(45)58)74-27-7-2)39-16-20-43(21-17-39)77-49-30-37(29-48(73-5)55(49)61)13-22-51(71)67-26-24-41(36-67)59-65-56(44-31-62-34-53(69(44)59)75-28-8-3)38-14-18-42(19-15-38)76-47-12-9-11-46(72-4)54(47)60/h9,11-22,29-34,40-41H,7-8,23-28,35-36H2,1-5H3/b22-13-/t40-,41-/m1/s1. The molecule has 4 aromatic heterocycles. The highest BCUT2D eigenvalue weighted by Crippen LogP contribution is 2.39. The van der Waals surface area contributed by atoms with E-state index in [0.29, 0.717) is 92.4 Å². The molecule has 0 saturated carbocycles. The molecular weight excluding hydrogens is 987 g/mol. The van der Waals surface area contributed by atoms with E-state index in [1.165, 1.54) is 44.6 Å². The van der Waals surface area contributed by atoms with Crippen LogP contribution in [0.5, 0.6) is 46.3 Å². The molecule has 77 heavy (non-hydrogen) atoms. The lowest BCUT2D eigenvalue weighted by Crippen LogP contribution is -2.27. The van der Waals surface area contributed by atoms with E-state index in [1.807, 2.05) is 46.9 Å². The van der Waals surface area contributed by atoms with Crippen molar-refractivity contribution in [2.45, 2.75) is 58.3 Å². The third-order valence-corrected chi connectivity index (χ3v) is 13.5. The molecule has 10 rings (SSSR count). The van der Waals surface area contributed by atoms with E-state index in [9.17, 15) is 14.0 Å². The molecule has 0 N–H and O–H groups in total. The zero-order chi connectivity index (χ0) is 53.6. The number of carbonyl (C=O) groups excluding carboxylic acids is 2. The van der Waals surface area contributed by atoms with Crippen LogP contribution in [-0.2, 0) is 9.59 Å². The fourth-order valence-electron chi connectivity index (χ4n) is 9.69. The number of likely N-dealkylation sites (tertiary alicyclic amines) is 2. The number of nitrogens with zero attached hydrogens (tertiary/aromatic N) is 8. The van der Waals surface area contributed by atoms with Crippen molar-refractivity contribution in [3.05, 3.63) is 139 Å². The van der Waals surface area contributed by atoms with Crippen molar-refractivity contribution in [3.63, 3.8) is 0 Å². The molecule has 2 amide bonds. The van der Waals surface area contributed by atoms with E-state index < -0.39 is 11.6 Å². The molecular formula is C59H56F2N8O8. The highest BCUT2D eigenvalue weighted by Gasteiger charge is 2.33. The first-order valence-electron chi connectivity index (χ1n) is 25.5. The summed E-state index contributed by atoms with van der Waals surface area (Å²) < 4.78 is 69.6. The van der Waals surface area contributed by atoms with Crippen LogP contribution < -0.4 is 28.4 Å². The summed E-state index contributed by atoms with van der Waals surface area (Å²) in [4.78, 5) is 49.4. The van der Waals surface area contributed by atoms with Gasteiger partial charge in [-0.25, -0.2) is 9.97 Å². The molecule has 0 unspecified atom stereocenters. The Balaban J connectivity index is 0.855. The molecule has 0 bridgehead atoms. The van der Waals surface area contributed by atoms with Crippen LogP contribution in [0.25, 0.3) is 39.6 Å². The first kappa shape index (κ1) is 51.5. The summed E-state index contributed by atoms with van der Waals surface area (Å²) in [5.41, 5.74) is 4.81. The maximum Gasteiger partial charge on any atom is 0.298 e. The Bertz CT molecular complexity index is 3570. The van der Waals surface area contributed by atoms with Gasteiger partial charge in [-0.1, -0.05) is 25.8 Å². The molecule has 0 aliphatic carbocycles. The van der Waals surface area contributed by atoms with Crippen molar-refractivity contribution in [3.8, 4) is 80.6 Å². The number of halogens is 2. The smallest absolute Gasteiger partial charge is 0.298 e. The van der Waals surface area contributed by atoms with Crippen molar-refractivity contribution in [1.29, 1.82) is 0 Å². The Morgan fingerprint density at radius 2 is 1.17 bits per heavy atom. The fourth-order valence-corrected chi connectivity index (χ4v) is 9.69. The average Bonchev–Trinajstić information content (AvgIpc) is 4.36. The zero-order valence-electron chi connectivity index (χ0n) is 43.3. The SMILES string of the molecule is CC#CC(=O)N1CC[C@@H](c2nc(-c3ccc(Oc4cc(/C=C\C(=O)N5CC[C@@H](c6nc(-c7ccc(Oc8cccc(OC)c8F)cc7)c7cncc(OCCC)n67)C5)cc(OC)c4F)cc3)c3cncc(OCCC)n23)C1. The van der Waals surface area contributed by atoms with E-state index in [4.69, 9.17) is 38.4 Å². The minimum atomic E-state index is -0.705. The number of benzene rings is 4. The topological polar surface area (TPSA) is 156 Å². The zero-order valence-corrected chi connectivity index (χ0v) is 43.3. The Kier molecular flexibility index (Phi) is 15.3. The highest BCUT2D eigenvalue weighted by molar-refractivity contribution is 5.94. The maximum atomic E-state index is 15.9. The van der Waals surface area contributed by atoms with Crippen LogP contribution in [0.15, 0.2) is 110 Å². The van der Waals surface area contributed by atoms with Crippen LogP contribution in [0.1, 0.15) is 75.5 Å². The maximum absolute atomic E-state index is 15.9. The highest BCUT2D eigenvalue weighted by atomic mass is 19.1. The van der Waals surface area contributed by atoms with Crippen LogP contribution >= 0.6 is 0 Å². The first-order chi connectivity index (χ1) is 37.6. The number of fused-ring (bicyclic) bond motifs is 2. The molecule has 2 saturated heterocycles. The van der Waals surface area contributed by atoms with Gasteiger partial charge >= 0.3 is 0 Å². The van der Waals surface area contributed by atoms with Gasteiger partial charge in [0, 0.05) is 55.2 Å². The number of aromatic nitrogens is 6. The molecule has 2 atom stereocenters. The Morgan fingerprint density at radius 3 is 1.71 bits per heavy atom. The Morgan fingerprint density at radius 1 is 0.662 bits per heavy atom. The Hall–Kier alpha value is -8.98. The van der Waals surface area contributed by atoms with Crippen LogP contribution in [0.3, 0.4) is 0 Å². The van der Waals surface area contributed by atoms with Crippen molar-refractivity contribution in [2.75, 3.05) is 53.6 Å². The second-order valence-electron chi connectivity index (χ2n) is 18.5. The van der Waals surface area contributed by atoms with E-state index >= 15 is 4.39 Å². The predicted molar refractivity (Wildman–Crippen MR) is 285 cm³/mol. The molecule has 2 fully saturated rings. The average molecular weight is 1040 g/mol. The van der Waals surface area contributed by atoms with Gasteiger partial charge < -0.3 is 38.2 Å². The van der Waals surface area contributed by atoms with E-state index in [1.54, 1.807) is 77.9 Å². The summed E-state index contributed by atoms with van der Waals surface area (Å²) in [6.07, 6.45) is 12.8. The number of rotatable bonds is 18. The van der Waals surface area contributed by atoms with Gasteiger partial charge in [-0.2, -0.15) is 8.78 Å². The van der Waals surface area contributed by atoms with Crippen LogP contribution in [-0.4, -0.2) is 104 Å². The molecule has 8 aromatic rings. The summed E-state index contributed by atoms with van der Waals surface area (Å²) in [7, 11) is 2.77. The van der Waals surface area contributed by atoms with Gasteiger partial charge in [-0.05, 0) is 123 Å². The molecule has 0 radical (unpaired) electrons. The minimum absolute atomic E-state index is 0.0353. The van der Waals surface area contributed by atoms with Crippen molar-refractivity contribution in [2.24, 2.45) is 0 Å². The summed E-state index contributed by atoms with van der Waals surface area (Å²) in [6.45, 7) is 8.54. The lowest BCUT2D eigenvalue weighted by molar-refractivity contribution is -0.125. The molecule has 4 aromatic carbocycles. The number of hydrogen-bond acceptors (Lipinski definition) is 12. The molecule has 2 aliphatic heterocycles. The van der Waals surface area contributed by atoms with E-state index in [2.05, 4.69) is 21.8 Å². The van der Waals surface area contributed by atoms with Gasteiger partial charge in [0.1, 0.15) is 23.1 Å². The van der Waals surface area contributed by atoms with Crippen LogP contribution in [0, 0.1) is 23.5 Å². The van der Waals surface area contributed by atoms with Gasteiger partial charge in [0.25, 0.3) is 5.91 Å². The summed E-state index contributed by atoms with van der Waals surface area (Å²) in [5, 5.41) is 0. The van der Waals surface area contributed by atoms with Crippen molar-refractivity contribution >= 4 is 28.9 Å². The van der Waals surface area contributed by atoms with Crippen LogP contribution in [0.2, 0.25) is 0 Å². The largest absolute Gasteiger partial charge is 0.494 e. The van der Waals surface area contributed by atoms with Gasteiger partial charge in [-0.15, -0.1) is 0 Å². The molecule has 394 valence electrons. The minimum Gasteiger partial charge on any atom is -0.494 e. The molecule has 2 aliphatic rings. The number of amides is 2. The van der Waals surface area contributed by atoms with Gasteiger partial charge in [-0.3, -0.25) is 28.4 Å². The summed E-state index contributed by atoms with van der Waals surface area (Å²) in [6, 6.07) is 22.1. The molecule has 16 nitrogen and oxygen atoms in total. The molecule has 0 spiro atoms. The molecule has 6 heterocycles. The van der Waals surface area contributed by atoms with Gasteiger partial charge in [0.05, 0.1) is 74.6 Å². The Labute approximate surface area is 443 Å². The van der Waals surface area contributed by atoms with E-state index in [0.717, 1.165) is 46.7 Å². The summed E-state index contributed by atoms with van der Waals surface area (Å²) in [5.74, 6) is 6.69. The first-order valence-corrected chi connectivity index (χ1v) is 25.5. The van der Waals surface area contributed by atoms with Gasteiger partial charge in [0.2, 0.25) is 29.3 Å². The third-order valence-electron chi connectivity index (χ3n) is 13.5. The number of ether oxygens (including phenoxy) is 6. The van der Waals surface area contributed by atoms with E-state index in [-0.39, 0.29) is 46.6 Å². The number of hydrogen-bond donors (Lipinski definition) is 0. The van der Waals surface area contributed by atoms with Crippen molar-refractivity contribution < 1.29 is 46.8 Å². The number of carbonyl (C=O) groups is 2. The van der Waals surface area contributed by atoms with Gasteiger partial charge in [0.15, 0.2) is 23.0 Å². The fraction of sp³-hybridized carbons (Fsp3) is 0.288. The predicted octanol–water partition coefficient (Wildman–Crippen LogP) is 10.9. The molecule has 18 heteroatoms. The monoisotopic (exact) mass is 1040 g/mol.